The number of pyridine rings is 2. The molecule has 0 bridgehead atoms. The number of aromatic nitrogens is 8. The number of halogens is 5. The van der Waals surface area contributed by atoms with Crippen LogP contribution in [0.2, 0.25) is 0 Å². The summed E-state index contributed by atoms with van der Waals surface area (Å²) in [5.74, 6) is -0.351. The number of fused-ring (bicyclic) bond motifs is 1. The molecule has 0 spiro atoms. The van der Waals surface area contributed by atoms with Crippen molar-refractivity contribution in [2.24, 2.45) is 7.05 Å². The van der Waals surface area contributed by atoms with Crippen molar-refractivity contribution in [3.63, 3.8) is 0 Å². The first-order valence-electron chi connectivity index (χ1n) is 13.7. The lowest BCUT2D eigenvalue weighted by Crippen LogP contribution is -2.28. The van der Waals surface area contributed by atoms with E-state index in [1.54, 1.807) is 30.1 Å². The maximum Gasteiger partial charge on any atom is 0.433 e. The molecule has 0 amide bonds. The Bertz CT molecular complexity index is 1840. The van der Waals surface area contributed by atoms with E-state index in [-0.39, 0.29) is 39.9 Å². The number of aromatic amines is 1. The van der Waals surface area contributed by atoms with E-state index in [0.29, 0.717) is 30.1 Å². The van der Waals surface area contributed by atoms with Gasteiger partial charge in [-0.1, -0.05) is 6.07 Å². The Labute approximate surface area is 251 Å². The van der Waals surface area contributed by atoms with Crippen LogP contribution >= 0.6 is 0 Å². The third kappa shape index (κ3) is 6.05. The number of methoxy groups -OCH3 is 1. The first-order valence-corrected chi connectivity index (χ1v) is 13.7. The van der Waals surface area contributed by atoms with Gasteiger partial charge in [-0.05, 0) is 42.3 Å². The van der Waals surface area contributed by atoms with Crippen LogP contribution in [0.25, 0.3) is 22.6 Å². The van der Waals surface area contributed by atoms with Gasteiger partial charge in [0, 0.05) is 24.7 Å². The number of benzene rings is 1. The average Bonchev–Trinajstić information content (AvgIpc) is 3.78. The van der Waals surface area contributed by atoms with E-state index < -0.39 is 30.3 Å². The smallest absolute Gasteiger partial charge is 0.433 e. The number of para-hydroxylation sites is 1. The number of H-pyrrole nitrogens is 1. The molecule has 4 N–H and O–H groups in total. The molecule has 1 aliphatic heterocycles. The minimum atomic E-state index is -4.87. The van der Waals surface area contributed by atoms with Gasteiger partial charge in [0.1, 0.15) is 23.4 Å². The molecule has 1 aliphatic rings. The van der Waals surface area contributed by atoms with E-state index in [9.17, 15) is 27.1 Å². The van der Waals surface area contributed by atoms with Crippen LogP contribution in [-0.2, 0) is 13.2 Å². The number of ether oxygens (including phenoxy) is 1. The molecule has 5 aromatic rings. The van der Waals surface area contributed by atoms with E-state index in [1.807, 2.05) is 0 Å². The first kappa shape index (κ1) is 30.1. The van der Waals surface area contributed by atoms with Crippen molar-refractivity contribution >= 4 is 34.2 Å². The lowest BCUT2D eigenvalue weighted by atomic mass is 10.1. The minimum absolute atomic E-state index is 0.0337. The van der Waals surface area contributed by atoms with Crippen molar-refractivity contribution in [1.82, 2.24) is 45.0 Å². The van der Waals surface area contributed by atoms with Gasteiger partial charge in [-0.25, -0.2) is 23.7 Å². The molecule has 1 saturated heterocycles. The Balaban J connectivity index is 1.39. The fraction of sp³-hybridized carbons (Fsp3) is 0.333. The first-order chi connectivity index (χ1) is 21.5. The Morgan fingerprint density at radius 1 is 1.00 bits per heavy atom. The summed E-state index contributed by atoms with van der Waals surface area (Å²) in [7, 11) is 3.02. The van der Waals surface area contributed by atoms with Crippen LogP contribution in [0.1, 0.15) is 42.6 Å². The summed E-state index contributed by atoms with van der Waals surface area (Å²) < 4.78 is 75.1. The Morgan fingerprint density at radius 3 is 2.44 bits per heavy atom. The number of tetrazole rings is 1. The van der Waals surface area contributed by atoms with Crippen LogP contribution in [-0.4, -0.2) is 70.3 Å². The summed E-state index contributed by atoms with van der Waals surface area (Å²) >= 11 is 0. The molecule has 4 aromatic heterocycles. The standard InChI is InChI=1S/C27H26F5N11O2/c1-42-40-23(39-41-42)13-6-5-7-15(20(13)45-2)33-16-12-18(36-24-19(16)37-25(38-24)22(28)29)34-17-9-8-14(21(35-17)27(30,31)32)26(44)43-10-3-4-11-43/h5-9,12,22,26,44H,3-4,10-11H2,1-2H3,(H3,33,34,35,36,37,38). The lowest BCUT2D eigenvalue weighted by molar-refractivity contribution is -0.144. The zero-order valence-corrected chi connectivity index (χ0v) is 23.8. The van der Waals surface area contributed by atoms with Crippen molar-refractivity contribution in [3.05, 3.63) is 53.5 Å². The van der Waals surface area contributed by atoms with Gasteiger partial charge in [0.05, 0.1) is 31.1 Å². The maximum atomic E-state index is 14.1. The number of hydrogen-bond donors (Lipinski definition) is 4. The van der Waals surface area contributed by atoms with Crippen molar-refractivity contribution in [2.45, 2.75) is 31.7 Å². The molecular weight excluding hydrogens is 605 g/mol. The molecule has 1 atom stereocenters. The predicted molar refractivity (Wildman–Crippen MR) is 151 cm³/mol. The molecule has 236 valence electrons. The number of likely N-dealkylation sites (tertiary alicyclic amines) is 1. The largest absolute Gasteiger partial charge is 0.494 e. The monoisotopic (exact) mass is 631 g/mol. The van der Waals surface area contributed by atoms with Crippen molar-refractivity contribution in [1.29, 1.82) is 0 Å². The van der Waals surface area contributed by atoms with E-state index in [0.717, 1.165) is 18.9 Å². The van der Waals surface area contributed by atoms with Crippen LogP contribution in [0.15, 0.2) is 36.4 Å². The van der Waals surface area contributed by atoms with Crippen molar-refractivity contribution in [3.8, 4) is 17.1 Å². The third-order valence-corrected chi connectivity index (χ3v) is 7.13. The van der Waals surface area contributed by atoms with Gasteiger partial charge >= 0.3 is 6.18 Å². The number of anilines is 4. The van der Waals surface area contributed by atoms with Gasteiger partial charge in [0.2, 0.25) is 5.82 Å². The van der Waals surface area contributed by atoms with Crippen LogP contribution < -0.4 is 15.4 Å². The van der Waals surface area contributed by atoms with Crippen LogP contribution in [0.3, 0.4) is 0 Å². The predicted octanol–water partition coefficient (Wildman–Crippen LogP) is 5.08. The number of aliphatic hydroxyl groups excluding tert-OH is 1. The number of imidazole rings is 1. The number of nitrogens with one attached hydrogen (secondary N) is 3. The van der Waals surface area contributed by atoms with Gasteiger partial charge in [-0.3, -0.25) is 4.90 Å². The Kier molecular flexibility index (Phi) is 7.92. The molecule has 5 heterocycles. The summed E-state index contributed by atoms with van der Waals surface area (Å²) in [6.07, 6.45) is -7.76. The molecule has 1 unspecified atom stereocenters. The quantitative estimate of drug-likeness (QED) is 0.161. The summed E-state index contributed by atoms with van der Waals surface area (Å²) in [6.45, 7) is 0.928. The molecule has 0 saturated carbocycles. The van der Waals surface area contributed by atoms with Crippen molar-refractivity contribution < 1.29 is 31.8 Å². The lowest BCUT2D eigenvalue weighted by Gasteiger charge is -2.25. The highest BCUT2D eigenvalue weighted by atomic mass is 19.4. The molecule has 45 heavy (non-hydrogen) atoms. The van der Waals surface area contributed by atoms with E-state index in [2.05, 4.69) is 46.0 Å². The van der Waals surface area contributed by atoms with Gasteiger partial charge < -0.3 is 25.5 Å². The van der Waals surface area contributed by atoms with Crippen LogP contribution in [0.4, 0.5) is 45.0 Å². The summed E-state index contributed by atoms with van der Waals surface area (Å²) in [5, 5.41) is 28.5. The molecule has 1 aromatic carbocycles. The summed E-state index contributed by atoms with van der Waals surface area (Å²) in [6, 6.07) is 8.85. The second-order valence-corrected chi connectivity index (χ2v) is 10.2. The third-order valence-electron chi connectivity index (χ3n) is 7.13. The van der Waals surface area contributed by atoms with Crippen LogP contribution in [0, 0.1) is 0 Å². The number of aliphatic hydroxyl groups is 1. The van der Waals surface area contributed by atoms with Crippen LogP contribution in [0.5, 0.6) is 5.75 Å². The fourth-order valence-corrected chi connectivity index (χ4v) is 5.13. The average molecular weight is 632 g/mol. The topological polar surface area (TPSA) is 155 Å². The van der Waals surface area contributed by atoms with E-state index >= 15 is 0 Å². The number of aryl methyl sites for hydroxylation is 1. The molecule has 13 nitrogen and oxygen atoms in total. The SMILES string of the molecule is COc1c(Nc2cc(Nc3ccc(C(O)N4CCCC4)c(C(F)(F)F)n3)nc3[nH]c(C(F)F)nc23)cccc1-c1nnn(C)n1. The molecule has 1 fully saturated rings. The van der Waals surface area contributed by atoms with Gasteiger partial charge in [0.25, 0.3) is 6.43 Å². The molecule has 0 aliphatic carbocycles. The van der Waals surface area contributed by atoms with Crippen molar-refractivity contribution in [2.75, 3.05) is 30.8 Å². The zero-order chi connectivity index (χ0) is 31.9. The highest BCUT2D eigenvalue weighted by Gasteiger charge is 2.39. The molecule has 18 heteroatoms. The minimum Gasteiger partial charge on any atom is -0.494 e. The van der Waals surface area contributed by atoms with E-state index in [4.69, 9.17) is 4.74 Å². The highest BCUT2D eigenvalue weighted by molar-refractivity contribution is 5.92. The molecule has 0 radical (unpaired) electrons. The zero-order valence-electron chi connectivity index (χ0n) is 23.8. The highest BCUT2D eigenvalue weighted by Crippen LogP contribution is 2.39. The van der Waals surface area contributed by atoms with Gasteiger partial charge in [-0.15, -0.1) is 10.2 Å². The number of hydrogen-bond acceptors (Lipinski definition) is 11. The normalized spacial score (nSPS) is 14.8. The Morgan fingerprint density at radius 2 is 1.78 bits per heavy atom. The van der Waals surface area contributed by atoms with Gasteiger partial charge in [-0.2, -0.15) is 18.0 Å². The second kappa shape index (κ2) is 11.8. The van der Waals surface area contributed by atoms with E-state index in [1.165, 1.54) is 24.0 Å². The molecular formula is C27H26F5N11O2. The number of alkyl halides is 5. The second-order valence-electron chi connectivity index (χ2n) is 10.2. The van der Waals surface area contributed by atoms with Gasteiger partial charge in [0.15, 0.2) is 22.9 Å². The summed E-state index contributed by atoms with van der Waals surface area (Å²) in [5.41, 5.74) is -0.637. The fourth-order valence-electron chi connectivity index (χ4n) is 5.13. The number of nitrogens with zero attached hydrogens (tertiary/aromatic N) is 8. The summed E-state index contributed by atoms with van der Waals surface area (Å²) in [4.78, 5) is 17.3. The molecule has 6 rings (SSSR count). The Hall–Kier alpha value is -4.97. The number of rotatable bonds is 9. The maximum absolute atomic E-state index is 14.1.